The molecule has 9 heteroatoms. The molecule has 0 bridgehead atoms. The van der Waals surface area contributed by atoms with E-state index < -0.39 is 53.9 Å². The molecule has 9 nitrogen and oxygen atoms in total. The summed E-state index contributed by atoms with van der Waals surface area (Å²) >= 11 is 0. The quantitative estimate of drug-likeness (QED) is 0.0931. The molecule has 0 saturated carbocycles. The summed E-state index contributed by atoms with van der Waals surface area (Å²) in [6.45, 7) is 18.0. The summed E-state index contributed by atoms with van der Waals surface area (Å²) in [5.41, 5.74) is 1.00. The van der Waals surface area contributed by atoms with E-state index in [-0.39, 0.29) is 30.3 Å². The first kappa shape index (κ1) is 43.4. The molecule has 1 aliphatic rings. The lowest BCUT2D eigenvalue weighted by Gasteiger charge is -2.36. The van der Waals surface area contributed by atoms with Crippen LogP contribution in [0.3, 0.4) is 0 Å². The van der Waals surface area contributed by atoms with E-state index in [4.69, 9.17) is 9.15 Å². The average molecular weight is 701 g/mol. The van der Waals surface area contributed by atoms with Gasteiger partial charge in [0.2, 0.25) is 0 Å². The van der Waals surface area contributed by atoms with Crippen molar-refractivity contribution in [3.63, 3.8) is 0 Å². The minimum atomic E-state index is -1.51. The molecule has 1 aliphatic heterocycles. The average Bonchev–Trinajstić information content (AvgIpc) is 3.04. The van der Waals surface area contributed by atoms with Crippen LogP contribution in [0.25, 0.3) is 0 Å². The third-order valence-electron chi connectivity index (χ3n) is 9.76. The lowest BCUT2D eigenvalue weighted by atomic mass is 9.82. The second-order valence-corrected chi connectivity index (χ2v) is 15.3. The molecule has 1 aromatic heterocycles. The zero-order chi connectivity index (χ0) is 37.8. The molecule has 50 heavy (non-hydrogen) atoms. The minimum absolute atomic E-state index is 0.0114. The number of ether oxygens (including phenoxy) is 1. The Hall–Kier alpha value is -2.79. The highest BCUT2D eigenvalue weighted by Gasteiger charge is 2.41. The highest BCUT2D eigenvalue weighted by atomic mass is 16.5. The SMILES string of the molecule is CC[C@@H](C)/C=C(C)/C=C/C=C(\C)C[C@@H](C)C[C@H](C)C[C@H](/C=C(\C)C=C[C@H](O)C(C)(C)c1cc(O)c([C@H]2O[C@H](CO)C[C@H](O)[C@H]2O)c(=O)o1)CO. The molecule has 2 heterocycles. The Labute approximate surface area is 299 Å². The number of allylic oxidation sites excluding steroid dienone is 8. The van der Waals surface area contributed by atoms with Crippen LogP contribution in [0, 0.1) is 23.7 Å². The van der Waals surface area contributed by atoms with Gasteiger partial charge in [-0.3, -0.25) is 0 Å². The molecule has 9 atom stereocenters. The summed E-state index contributed by atoms with van der Waals surface area (Å²) < 4.78 is 11.1. The lowest BCUT2D eigenvalue weighted by Crippen LogP contribution is -2.46. The summed E-state index contributed by atoms with van der Waals surface area (Å²) in [6, 6.07) is 1.20. The fourth-order valence-electron chi connectivity index (χ4n) is 6.62. The van der Waals surface area contributed by atoms with Gasteiger partial charge in [0.15, 0.2) is 0 Å². The minimum Gasteiger partial charge on any atom is -0.507 e. The molecular formula is C41H64O9. The number of rotatable bonds is 18. The molecule has 0 spiro atoms. The van der Waals surface area contributed by atoms with Crippen LogP contribution in [0.5, 0.6) is 5.75 Å². The van der Waals surface area contributed by atoms with Gasteiger partial charge in [-0.15, -0.1) is 0 Å². The predicted molar refractivity (Wildman–Crippen MR) is 199 cm³/mol. The fourth-order valence-corrected chi connectivity index (χ4v) is 6.62. The van der Waals surface area contributed by atoms with Crippen LogP contribution in [0.4, 0.5) is 0 Å². The summed E-state index contributed by atoms with van der Waals surface area (Å²) in [5.74, 6) is 0.947. The van der Waals surface area contributed by atoms with E-state index in [1.165, 1.54) is 17.2 Å². The largest absolute Gasteiger partial charge is 0.507 e. The molecule has 2 rings (SSSR count). The first-order chi connectivity index (χ1) is 23.4. The van der Waals surface area contributed by atoms with Crippen molar-refractivity contribution in [1.29, 1.82) is 0 Å². The van der Waals surface area contributed by atoms with Gasteiger partial charge in [0, 0.05) is 25.0 Å². The fraction of sp³-hybridized carbons (Fsp3) is 0.634. The number of aliphatic hydroxyl groups is 5. The Balaban J connectivity index is 2.04. The van der Waals surface area contributed by atoms with Crippen molar-refractivity contribution in [2.45, 2.75) is 130 Å². The van der Waals surface area contributed by atoms with E-state index in [0.29, 0.717) is 17.8 Å². The van der Waals surface area contributed by atoms with Gasteiger partial charge in [0.05, 0.1) is 30.3 Å². The van der Waals surface area contributed by atoms with Gasteiger partial charge >= 0.3 is 5.63 Å². The van der Waals surface area contributed by atoms with Gasteiger partial charge in [-0.05, 0) is 71.6 Å². The van der Waals surface area contributed by atoms with E-state index in [1.807, 2.05) is 13.0 Å². The van der Waals surface area contributed by atoms with Crippen molar-refractivity contribution in [3.05, 3.63) is 87.1 Å². The zero-order valence-electron chi connectivity index (χ0n) is 31.7. The Bertz CT molecular complexity index is 1420. The normalized spacial score (nSPS) is 24.5. The molecule has 1 aromatic rings. The summed E-state index contributed by atoms with van der Waals surface area (Å²) in [7, 11) is 0. The Morgan fingerprint density at radius 3 is 2.28 bits per heavy atom. The molecule has 0 aromatic carbocycles. The molecule has 282 valence electrons. The molecule has 0 aliphatic carbocycles. The van der Waals surface area contributed by atoms with E-state index >= 15 is 0 Å². The highest BCUT2D eigenvalue weighted by Crippen LogP contribution is 2.37. The highest BCUT2D eigenvalue weighted by molar-refractivity contribution is 5.36. The van der Waals surface area contributed by atoms with Gasteiger partial charge < -0.3 is 39.8 Å². The van der Waals surface area contributed by atoms with Crippen molar-refractivity contribution in [3.8, 4) is 5.75 Å². The Morgan fingerprint density at radius 1 is 1.02 bits per heavy atom. The second-order valence-electron chi connectivity index (χ2n) is 15.3. The maximum atomic E-state index is 13.0. The summed E-state index contributed by atoms with van der Waals surface area (Å²) in [5, 5.41) is 62.1. The number of hydrogen-bond donors (Lipinski definition) is 6. The first-order valence-corrected chi connectivity index (χ1v) is 18.1. The van der Waals surface area contributed by atoms with Crippen molar-refractivity contribution >= 4 is 0 Å². The number of hydrogen-bond acceptors (Lipinski definition) is 9. The van der Waals surface area contributed by atoms with Crippen LogP contribution in [0.2, 0.25) is 0 Å². The predicted octanol–water partition coefficient (Wildman–Crippen LogP) is 6.58. The smallest absolute Gasteiger partial charge is 0.345 e. The third-order valence-corrected chi connectivity index (χ3v) is 9.76. The van der Waals surface area contributed by atoms with Crippen LogP contribution in [-0.4, -0.2) is 68.3 Å². The van der Waals surface area contributed by atoms with Crippen molar-refractivity contribution in [2.24, 2.45) is 23.7 Å². The third kappa shape index (κ3) is 13.1. The molecule has 1 fully saturated rings. The molecular weight excluding hydrogens is 636 g/mol. The first-order valence-electron chi connectivity index (χ1n) is 18.1. The molecule has 0 unspecified atom stereocenters. The van der Waals surface area contributed by atoms with Gasteiger partial charge in [-0.25, -0.2) is 4.79 Å². The van der Waals surface area contributed by atoms with Crippen LogP contribution in [-0.2, 0) is 10.2 Å². The van der Waals surface area contributed by atoms with E-state index in [0.717, 1.165) is 31.3 Å². The second kappa shape index (κ2) is 20.3. The van der Waals surface area contributed by atoms with Gasteiger partial charge in [0.25, 0.3) is 0 Å². The zero-order valence-corrected chi connectivity index (χ0v) is 31.7. The van der Waals surface area contributed by atoms with E-state index in [9.17, 15) is 35.4 Å². The number of aromatic hydroxyl groups is 1. The standard InChI is InChI=1S/C41H64O9/c1-10-25(2)16-26(3)12-11-13-27(4)17-29(6)18-30(7)20-31(23-42)19-28(5)14-15-35(46)41(8,9)36-22-33(44)37(40(48)50-36)39-38(47)34(45)21-32(24-43)49-39/h11-16,19,22,25,29-32,34-35,38-39,42-47H,10,17-18,20-21,23-24H2,1-9H3/b12-11+,15-14?,26-16+,27-13+,28-19+/t25-,29-,30+,31+,32+,34+,35+,38-,39-/m1/s1. The van der Waals surface area contributed by atoms with Crippen LogP contribution in [0.1, 0.15) is 112 Å². The van der Waals surface area contributed by atoms with Gasteiger partial charge in [0.1, 0.15) is 29.3 Å². The van der Waals surface area contributed by atoms with Crippen molar-refractivity contribution in [2.75, 3.05) is 13.2 Å². The maximum absolute atomic E-state index is 13.0. The van der Waals surface area contributed by atoms with Gasteiger partial charge in [-0.2, -0.15) is 0 Å². The van der Waals surface area contributed by atoms with Crippen LogP contribution in [0.15, 0.2) is 74.5 Å². The van der Waals surface area contributed by atoms with Crippen LogP contribution >= 0.6 is 0 Å². The monoisotopic (exact) mass is 700 g/mol. The van der Waals surface area contributed by atoms with Gasteiger partial charge in [-0.1, -0.05) is 93.4 Å². The summed E-state index contributed by atoms with van der Waals surface area (Å²) in [4.78, 5) is 13.0. The van der Waals surface area contributed by atoms with Crippen molar-refractivity contribution < 1.29 is 39.8 Å². The Morgan fingerprint density at radius 2 is 1.68 bits per heavy atom. The van der Waals surface area contributed by atoms with E-state index in [1.54, 1.807) is 26.0 Å². The van der Waals surface area contributed by atoms with Crippen LogP contribution < -0.4 is 5.63 Å². The molecule has 6 N–H and O–H groups in total. The molecule has 1 saturated heterocycles. The topological polar surface area (TPSA) is 161 Å². The van der Waals surface area contributed by atoms with Crippen molar-refractivity contribution in [1.82, 2.24) is 0 Å². The maximum Gasteiger partial charge on any atom is 0.345 e. The lowest BCUT2D eigenvalue weighted by molar-refractivity contribution is -0.180. The molecule has 0 amide bonds. The Kier molecular flexibility index (Phi) is 17.6. The van der Waals surface area contributed by atoms with E-state index in [2.05, 4.69) is 65.8 Å². The number of aliphatic hydroxyl groups excluding tert-OH is 5. The molecule has 0 radical (unpaired) electrons. The summed E-state index contributed by atoms with van der Waals surface area (Å²) in [6.07, 6.45) is 12.0.